The third kappa shape index (κ3) is 2.82. The van der Waals surface area contributed by atoms with Crippen LogP contribution in [-0.4, -0.2) is 4.83 Å². The van der Waals surface area contributed by atoms with Gasteiger partial charge in [-0.3, -0.25) is 0 Å². The Bertz CT molecular complexity index is 359. The molecule has 1 fully saturated rings. The van der Waals surface area contributed by atoms with E-state index >= 15 is 0 Å². The topological polar surface area (TPSA) is 0 Å². The molecule has 0 radical (unpaired) electrons. The Kier molecular flexibility index (Phi) is 3.95. The van der Waals surface area contributed by atoms with E-state index in [0.717, 1.165) is 12.0 Å². The predicted octanol–water partition coefficient (Wildman–Crippen LogP) is 4.46. The van der Waals surface area contributed by atoms with E-state index in [-0.39, 0.29) is 0 Å². The van der Waals surface area contributed by atoms with Gasteiger partial charge in [0.1, 0.15) is 0 Å². The van der Waals surface area contributed by atoms with E-state index in [1.165, 1.54) is 37.8 Å². The van der Waals surface area contributed by atoms with E-state index in [1.807, 2.05) is 0 Å². The molecule has 1 aromatic carbocycles. The molecule has 1 saturated carbocycles. The van der Waals surface area contributed by atoms with Crippen LogP contribution in [0.1, 0.15) is 31.2 Å². The molecule has 3 heteroatoms. The van der Waals surface area contributed by atoms with Gasteiger partial charge < -0.3 is 0 Å². The summed E-state index contributed by atoms with van der Waals surface area (Å²) in [5.41, 5.74) is 0.868. The molecule has 1 aromatic rings. The highest BCUT2D eigenvalue weighted by Gasteiger charge is 2.23. The van der Waals surface area contributed by atoms with Crippen molar-refractivity contribution < 1.29 is 8.78 Å². The number of hydrogen-bond donors (Lipinski definition) is 0. The summed E-state index contributed by atoms with van der Waals surface area (Å²) in [6.07, 6.45) is 5.87. The van der Waals surface area contributed by atoms with E-state index in [4.69, 9.17) is 0 Å². The molecule has 0 spiro atoms. The average molecular weight is 289 g/mol. The van der Waals surface area contributed by atoms with Gasteiger partial charge in [0.25, 0.3) is 0 Å². The molecule has 1 atom stereocenters. The molecule has 0 bridgehead atoms. The molecule has 0 aromatic heterocycles. The Hall–Kier alpha value is -0.440. The van der Waals surface area contributed by atoms with Crippen molar-refractivity contribution in [1.82, 2.24) is 0 Å². The summed E-state index contributed by atoms with van der Waals surface area (Å²) in [4.78, 5) is 0.389. The second-order valence-corrected chi connectivity index (χ2v) is 5.69. The van der Waals surface area contributed by atoms with Crippen molar-refractivity contribution in [2.24, 2.45) is 5.92 Å². The number of benzene rings is 1. The van der Waals surface area contributed by atoms with Crippen LogP contribution in [0.5, 0.6) is 0 Å². The van der Waals surface area contributed by atoms with Crippen molar-refractivity contribution in [2.45, 2.75) is 36.9 Å². The molecule has 0 N–H and O–H groups in total. The van der Waals surface area contributed by atoms with Gasteiger partial charge in [-0.2, -0.15) is 0 Å². The van der Waals surface area contributed by atoms with Crippen molar-refractivity contribution in [1.29, 1.82) is 0 Å². The average Bonchev–Trinajstić information content (AvgIpc) is 2.77. The van der Waals surface area contributed by atoms with Crippen LogP contribution in [0.2, 0.25) is 0 Å². The summed E-state index contributed by atoms with van der Waals surface area (Å²) >= 11 is 3.67. The lowest BCUT2D eigenvalue weighted by molar-refractivity contribution is 0.501. The van der Waals surface area contributed by atoms with Gasteiger partial charge in [-0.1, -0.05) is 34.8 Å². The lowest BCUT2D eigenvalue weighted by atomic mass is 9.98. The first-order chi connectivity index (χ1) is 7.66. The quantitative estimate of drug-likeness (QED) is 0.721. The summed E-state index contributed by atoms with van der Waals surface area (Å²) in [5.74, 6) is -0.826. The van der Waals surface area contributed by atoms with E-state index in [9.17, 15) is 8.78 Å². The Balaban J connectivity index is 1.99. The fraction of sp³-hybridized carbons (Fsp3) is 0.538. The molecule has 0 saturated heterocycles. The molecule has 0 nitrogen and oxygen atoms in total. The molecule has 0 aliphatic heterocycles. The van der Waals surface area contributed by atoms with Gasteiger partial charge in [0.05, 0.1) is 0 Å². The van der Waals surface area contributed by atoms with Gasteiger partial charge in [0.15, 0.2) is 11.6 Å². The minimum Gasteiger partial charge on any atom is -0.204 e. The van der Waals surface area contributed by atoms with Crippen LogP contribution in [0.25, 0.3) is 0 Å². The highest BCUT2D eigenvalue weighted by molar-refractivity contribution is 9.09. The monoisotopic (exact) mass is 288 g/mol. The SMILES string of the molecule is Fc1ccc(CC(Br)C2CCCC2)cc1F. The Labute approximate surface area is 103 Å². The van der Waals surface area contributed by atoms with Gasteiger partial charge in [0, 0.05) is 4.83 Å². The molecule has 88 valence electrons. The molecular weight excluding hydrogens is 274 g/mol. The summed E-state index contributed by atoms with van der Waals surface area (Å²) in [5, 5.41) is 0. The van der Waals surface area contributed by atoms with Crippen molar-refractivity contribution in [3.63, 3.8) is 0 Å². The lowest BCUT2D eigenvalue weighted by Crippen LogP contribution is -2.13. The largest absolute Gasteiger partial charge is 0.204 e. The van der Waals surface area contributed by atoms with Crippen molar-refractivity contribution in [3.05, 3.63) is 35.4 Å². The zero-order valence-corrected chi connectivity index (χ0v) is 10.6. The molecule has 1 aliphatic rings. The van der Waals surface area contributed by atoms with E-state index in [1.54, 1.807) is 6.07 Å². The van der Waals surface area contributed by atoms with Gasteiger partial charge >= 0.3 is 0 Å². The minimum atomic E-state index is -0.768. The van der Waals surface area contributed by atoms with Crippen LogP contribution < -0.4 is 0 Å². The summed E-state index contributed by atoms with van der Waals surface area (Å²) in [7, 11) is 0. The third-order valence-corrected chi connectivity index (χ3v) is 4.40. The standard InChI is InChI=1S/C13H15BrF2/c14-11(10-3-1-2-4-10)7-9-5-6-12(15)13(16)8-9/h5-6,8,10-11H,1-4,7H2. The second kappa shape index (κ2) is 5.26. The second-order valence-electron chi connectivity index (χ2n) is 4.51. The molecule has 16 heavy (non-hydrogen) atoms. The third-order valence-electron chi connectivity index (χ3n) is 3.33. The molecule has 2 rings (SSSR count). The number of rotatable bonds is 3. The van der Waals surface area contributed by atoms with Crippen molar-refractivity contribution in [2.75, 3.05) is 0 Å². The zero-order chi connectivity index (χ0) is 11.5. The molecule has 0 amide bonds. The maximum atomic E-state index is 13.0. The summed E-state index contributed by atoms with van der Waals surface area (Å²) < 4.78 is 25.8. The maximum Gasteiger partial charge on any atom is 0.159 e. The number of hydrogen-bond acceptors (Lipinski definition) is 0. The first-order valence-electron chi connectivity index (χ1n) is 5.75. The highest BCUT2D eigenvalue weighted by Crippen LogP contribution is 2.33. The Morgan fingerprint density at radius 1 is 1.19 bits per heavy atom. The van der Waals surface area contributed by atoms with Gasteiger partial charge in [-0.05, 0) is 42.9 Å². The van der Waals surface area contributed by atoms with Crippen LogP contribution in [0, 0.1) is 17.6 Å². The van der Waals surface area contributed by atoms with Crippen LogP contribution >= 0.6 is 15.9 Å². The minimum absolute atomic E-state index is 0.389. The van der Waals surface area contributed by atoms with Crippen LogP contribution in [0.3, 0.4) is 0 Å². The van der Waals surface area contributed by atoms with Crippen LogP contribution in [-0.2, 0) is 6.42 Å². The molecule has 1 aliphatic carbocycles. The lowest BCUT2D eigenvalue weighted by Gasteiger charge is -2.16. The zero-order valence-electron chi connectivity index (χ0n) is 9.06. The first-order valence-corrected chi connectivity index (χ1v) is 6.66. The van der Waals surface area contributed by atoms with Gasteiger partial charge in [-0.15, -0.1) is 0 Å². The molecule has 1 unspecified atom stereocenters. The smallest absolute Gasteiger partial charge is 0.159 e. The van der Waals surface area contributed by atoms with Crippen molar-refractivity contribution in [3.8, 4) is 0 Å². The molecule has 0 heterocycles. The predicted molar refractivity (Wildman–Crippen MR) is 64.7 cm³/mol. The first kappa shape index (κ1) is 12.0. The molecular formula is C13H15BrF2. The number of alkyl halides is 1. The van der Waals surface area contributed by atoms with E-state index in [0.29, 0.717) is 10.7 Å². The maximum absolute atomic E-state index is 13.0. The van der Waals surface area contributed by atoms with Crippen LogP contribution in [0.4, 0.5) is 8.78 Å². The van der Waals surface area contributed by atoms with E-state index < -0.39 is 11.6 Å². The van der Waals surface area contributed by atoms with Crippen molar-refractivity contribution >= 4 is 15.9 Å². The fourth-order valence-corrected chi connectivity index (χ4v) is 3.28. The van der Waals surface area contributed by atoms with Gasteiger partial charge in [0.2, 0.25) is 0 Å². The summed E-state index contributed by atoms with van der Waals surface area (Å²) in [6, 6.07) is 4.18. The highest BCUT2D eigenvalue weighted by atomic mass is 79.9. The van der Waals surface area contributed by atoms with Gasteiger partial charge in [-0.25, -0.2) is 8.78 Å². The Morgan fingerprint density at radius 3 is 2.50 bits per heavy atom. The summed E-state index contributed by atoms with van der Waals surface area (Å²) in [6.45, 7) is 0. The Morgan fingerprint density at radius 2 is 1.88 bits per heavy atom. The normalized spacial score (nSPS) is 18.9. The number of halogens is 3. The van der Waals surface area contributed by atoms with Crippen LogP contribution in [0.15, 0.2) is 18.2 Å². The van der Waals surface area contributed by atoms with E-state index in [2.05, 4.69) is 15.9 Å². The fourth-order valence-electron chi connectivity index (χ4n) is 2.38.